The third kappa shape index (κ3) is 2.02. The maximum atomic E-state index is 11.0. The van der Waals surface area contributed by atoms with Crippen molar-refractivity contribution in [3.63, 3.8) is 0 Å². The summed E-state index contributed by atoms with van der Waals surface area (Å²) in [5.41, 5.74) is 7.71. The van der Waals surface area contributed by atoms with E-state index in [0.29, 0.717) is 5.02 Å². The summed E-state index contributed by atoms with van der Waals surface area (Å²) >= 11 is 5.53. The van der Waals surface area contributed by atoms with Gasteiger partial charge in [-0.2, -0.15) is 0 Å². The number of hydrogen-bond acceptors (Lipinski definition) is 2. The summed E-state index contributed by atoms with van der Waals surface area (Å²) in [6.45, 7) is -0.00744. The van der Waals surface area contributed by atoms with Gasteiger partial charge in [0.1, 0.15) is 6.67 Å². The number of azide groups is 1. The highest BCUT2D eigenvalue weighted by molar-refractivity contribution is 6.30. The second kappa shape index (κ2) is 3.80. The molecule has 0 aliphatic carbocycles. The lowest BCUT2D eigenvalue weighted by Crippen LogP contribution is -2.16. The lowest BCUT2D eigenvalue weighted by Gasteiger charge is -1.98. The highest BCUT2D eigenvalue weighted by Crippen LogP contribution is 2.01. The molecule has 6 heteroatoms. The fraction of sp³-hybridized carbons (Fsp3) is 0.167. The lowest BCUT2D eigenvalue weighted by molar-refractivity contribution is 0.696. The van der Waals surface area contributed by atoms with Crippen molar-refractivity contribution < 1.29 is 0 Å². The third-order valence-electron chi connectivity index (χ3n) is 1.24. The quantitative estimate of drug-likeness (QED) is 0.392. The van der Waals surface area contributed by atoms with Crippen molar-refractivity contribution in [2.45, 2.75) is 6.67 Å². The molecule has 0 aromatic carbocycles. The first kappa shape index (κ1) is 8.64. The smallest absolute Gasteiger partial charge is 0.252 e. The van der Waals surface area contributed by atoms with E-state index in [1.807, 2.05) is 0 Å². The van der Waals surface area contributed by atoms with Crippen molar-refractivity contribution in [3.05, 3.63) is 44.1 Å². The number of nitrogens with zero attached hydrogens (tertiary/aromatic N) is 4. The maximum absolute atomic E-state index is 11.0. The van der Waals surface area contributed by atoms with Crippen molar-refractivity contribution in [3.8, 4) is 0 Å². The van der Waals surface area contributed by atoms with Crippen LogP contribution in [-0.4, -0.2) is 4.57 Å². The van der Waals surface area contributed by atoms with Gasteiger partial charge in [-0.05, 0) is 11.6 Å². The summed E-state index contributed by atoms with van der Waals surface area (Å²) in [5, 5.41) is 3.61. The van der Waals surface area contributed by atoms with Crippen LogP contribution in [0.2, 0.25) is 5.02 Å². The third-order valence-corrected chi connectivity index (χ3v) is 1.47. The molecule has 0 bridgehead atoms. The molecule has 1 aromatic heterocycles. The molecule has 0 saturated carbocycles. The first-order valence-corrected chi connectivity index (χ1v) is 3.48. The van der Waals surface area contributed by atoms with E-state index < -0.39 is 0 Å². The Balaban J connectivity index is 3.01. The van der Waals surface area contributed by atoms with Crippen LogP contribution in [0.5, 0.6) is 0 Å². The van der Waals surface area contributed by atoms with Crippen LogP contribution in [0.4, 0.5) is 0 Å². The molecule has 0 radical (unpaired) electrons. The van der Waals surface area contributed by atoms with Gasteiger partial charge in [0.25, 0.3) is 5.56 Å². The van der Waals surface area contributed by atoms with Gasteiger partial charge in [-0.1, -0.05) is 16.7 Å². The van der Waals surface area contributed by atoms with Gasteiger partial charge in [-0.3, -0.25) is 4.79 Å². The molecule has 0 aliphatic rings. The van der Waals surface area contributed by atoms with Crippen LogP contribution in [0.3, 0.4) is 0 Å². The average Bonchev–Trinajstić information content (AvgIpc) is 2.03. The summed E-state index contributed by atoms with van der Waals surface area (Å²) < 4.78 is 1.26. The van der Waals surface area contributed by atoms with E-state index >= 15 is 0 Å². The van der Waals surface area contributed by atoms with E-state index in [-0.39, 0.29) is 12.2 Å². The van der Waals surface area contributed by atoms with Crippen molar-refractivity contribution in [1.82, 2.24) is 4.57 Å². The van der Waals surface area contributed by atoms with Gasteiger partial charge >= 0.3 is 0 Å². The minimum absolute atomic E-state index is 0.00744. The fourth-order valence-corrected chi connectivity index (χ4v) is 0.847. The number of halogens is 1. The zero-order valence-electron chi connectivity index (χ0n) is 6.01. The fourth-order valence-electron chi connectivity index (χ4n) is 0.697. The predicted octanol–water partition coefficient (Wildman–Crippen LogP) is 1.77. The molecule has 0 saturated heterocycles. The number of rotatable bonds is 2. The van der Waals surface area contributed by atoms with Gasteiger partial charge in [0, 0.05) is 22.2 Å². The molecular formula is C6H5ClN4O. The largest absolute Gasteiger partial charge is 0.310 e. The standard InChI is InChI=1S/C6H5ClN4O/c7-5-1-2-11(4-9-10-8)6(12)3-5/h1-3H,4H2. The van der Waals surface area contributed by atoms with Crippen LogP contribution in [0, 0.1) is 0 Å². The molecule has 0 unspecified atom stereocenters. The van der Waals surface area contributed by atoms with E-state index in [4.69, 9.17) is 17.1 Å². The SMILES string of the molecule is [N-]=[N+]=NCn1ccc(Cl)cc1=O. The molecule has 0 spiro atoms. The molecule has 1 heterocycles. The molecule has 1 rings (SSSR count). The van der Waals surface area contributed by atoms with Crippen LogP contribution >= 0.6 is 11.6 Å². The summed E-state index contributed by atoms with van der Waals surface area (Å²) in [5.74, 6) is 0. The molecular weight excluding hydrogens is 180 g/mol. The molecule has 62 valence electrons. The number of hydrogen-bond donors (Lipinski definition) is 0. The Morgan fingerprint density at radius 1 is 1.75 bits per heavy atom. The normalized spacial score (nSPS) is 9.08. The number of pyridine rings is 1. The van der Waals surface area contributed by atoms with Crippen LogP contribution in [-0.2, 0) is 6.67 Å². The predicted molar refractivity (Wildman–Crippen MR) is 44.9 cm³/mol. The van der Waals surface area contributed by atoms with E-state index in [1.165, 1.54) is 16.8 Å². The molecule has 0 amide bonds. The molecule has 0 atom stereocenters. The highest BCUT2D eigenvalue weighted by atomic mass is 35.5. The summed E-state index contributed by atoms with van der Waals surface area (Å²) in [6.07, 6.45) is 1.47. The zero-order valence-corrected chi connectivity index (χ0v) is 6.77. The van der Waals surface area contributed by atoms with Gasteiger partial charge in [-0.15, -0.1) is 0 Å². The van der Waals surface area contributed by atoms with Gasteiger partial charge in [0.05, 0.1) is 0 Å². The van der Waals surface area contributed by atoms with Crippen molar-refractivity contribution >= 4 is 11.6 Å². The topological polar surface area (TPSA) is 70.8 Å². The Hall–Kier alpha value is -1.45. The van der Waals surface area contributed by atoms with E-state index in [1.54, 1.807) is 6.07 Å². The Morgan fingerprint density at radius 3 is 3.08 bits per heavy atom. The Kier molecular flexibility index (Phi) is 2.74. The Bertz CT molecular complexity index is 379. The van der Waals surface area contributed by atoms with Crippen molar-refractivity contribution in [1.29, 1.82) is 0 Å². The molecule has 1 aromatic rings. The lowest BCUT2D eigenvalue weighted by atomic mass is 10.5. The summed E-state index contributed by atoms with van der Waals surface area (Å²) in [4.78, 5) is 13.6. The average molecular weight is 185 g/mol. The minimum atomic E-state index is -0.282. The molecule has 0 aliphatic heterocycles. The molecule has 5 nitrogen and oxygen atoms in total. The highest BCUT2D eigenvalue weighted by Gasteiger charge is 1.93. The van der Waals surface area contributed by atoms with Gasteiger partial charge in [0.2, 0.25) is 0 Å². The van der Waals surface area contributed by atoms with E-state index in [0.717, 1.165) is 0 Å². The van der Waals surface area contributed by atoms with E-state index in [9.17, 15) is 4.79 Å². The maximum Gasteiger partial charge on any atom is 0.252 e. The van der Waals surface area contributed by atoms with Gasteiger partial charge in [-0.25, -0.2) is 0 Å². The van der Waals surface area contributed by atoms with Gasteiger partial charge in [0.15, 0.2) is 0 Å². The van der Waals surface area contributed by atoms with Crippen LogP contribution < -0.4 is 5.56 Å². The van der Waals surface area contributed by atoms with Crippen LogP contribution in [0.25, 0.3) is 10.4 Å². The molecule has 12 heavy (non-hydrogen) atoms. The first-order valence-electron chi connectivity index (χ1n) is 3.11. The van der Waals surface area contributed by atoms with Gasteiger partial charge < -0.3 is 4.57 Å². The second-order valence-electron chi connectivity index (χ2n) is 2.03. The zero-order chi connectivity index (χ0) is 8.97. The second-order valence-corrected chi connectivity index (χ2v) is 2.46. The van der Waals surface area contributed by atoms with Crippen LogP contribution in [0.15, 0.2) is 28.2 Å². The summed E-state index contributed by atoms with van der Waals surface area (Å²) in [7, 11) is 0. The van der Waals surface area contributed by atoms with E-state index in [2.05, 4.69) is 10.0 Å². The first-order chi connectivity index (χ1) is 5.74. The Morgan fingerprint density at radius 2 is 2.50 bits per heavy atom. The molecule has 0 fully saturated rings. The number of aromatic nitrogens is 1. The Labute approximate surface area is 72.8 Å². The minimum Gasteiger partial charge on any atom is -0.310 e. The van der Waals surface area contributed by atoms with Crippen molar-refractivity contribution in [2.75, 3.05) is 0 Å². The summed E-state index contributed by atoms with van der Waals surface area (Å²) in [6, 6.07) is 2.81. The molecule has 0 N–H and O–H groups in total. The van der Waals surface area contributed by atoms with Crippen molar-refractivity contribution in [2.24, 2.45) is 5.11 Å². The van der Waals surface area contributed by atoms with Crippen LogP contribution in [0.1, 0.15) is 0 Å². The monoisotopic (exact) mass is 184 g/mol.